The first-order valence-corrected chi connectivity index (χ1v) is 12.1. The number of rotatable bonds is 20. The lowest BCUT2D eigenvalue weighted by Crippen LogP contribution is -2.35. The van der Waals surface area contributed by atoms with Gasteiger partial charge in [0.05, 0.1) is 26.4 Å². The lowest BCUT2D eigenvalue weighted by Gasteiger charge is -2.18. The molecule has 0 bridgehead atoms. The number of nitrogens with one attached hydrogen (secondary N) is 2. The number of hydrogen-bond acceptors (Lipinski definition) is 11. The maximum Gasteiger partial charge on any atom is 0.407 e. The SMILES string of the molecule is C=C(C)C(=O)OCCOCCNC(=O)OCC(CCCS)OC(=O)NCCOCCOC(=O)C(=C)C. The van der Waals surface area contributed by atoms with Crippen molar-refractivity contribution >= 4 is 36.8 Å². The summed E-state index contributed by atoms with van der Waals surface area (Å²) in [5.74, 6) is -0.400. The molecule has 0 aromatic rings. The van der Waals surface area contributed by atoms with Gasteiger partial charge in [-0.25, -0.2) is 19.2 Å². The van der Waals surface area contributed by atoms with E-state index < -0.39 is 30.2 Å². The molecule has 2 amide bonds. The van der Waals surface area contributed by atoms with E-state index >= 15 is 0 Å². The van der Waals surface area contributed by atoms with Crippen LogP contribution in [0.5, 0.6) is 0 Å². The second-order valence-corrected chi connectivity index (χ2v) is 7.85. The predicted molar refractivity (Wildman–Crippen MR) is 134 cm³/mol. The highest BCUT2D eigenvalue weighted by molar-refractivity contribution is 7.80. The summed E-state index contributed by atoms with van der Waals surface area (Å²) in [5.41, 5.74) is 0.608. The molecule has 0 aromatic carbocycles. The van der Waals surface area contributed by atoms with E-state index in [1.54, 1.807) is 13.8 Å². The van der Waals surface area contributed by atoms with Crippen molar-refractivity contribution in [3.8, 4) is 0 Å². The Morgan fingerprint density at radius 3 is 1.72 bits per heavy atom. The molecule has 0 rings (SSSR count). The molecule has 0 fully saturated rings. The molecule has 36 heavy (non-hydrogen) atoms. The largest absolute Gasteiger partial charge is 0.460 e. The van der Waals surface area contributed by atoms with Gasteiger partial charge >= 0.3 is 24.1 Å². The van der Waals surface area contributed by atoms with Crippen LogP contribution in [-0.4, -0.2) is 95.3 Å². The zero-order valence-electron chi connectivity index (χ0n) is 21.0. The maximum absolute atomic E-state index is 12.0. The molecule has 0 aromatic heterocycles. The summed E-state index contributed by atoms with van der Waals surface area (Å²) in [6.45, 7) is 11.2. The molecule has 0 aliphatic rings. The number of carbonyl (C=O) groups excluding carboxylic acids is 4. The van der Waals surface area contributed by atoms with Gasteiger partial charge < -0.3 is 39.1 Å². The van der Waals surface area contributed by atoms with E-state index in [2.05, 4.69) is 36.4 Å². The second kappa shape index (κ2) is 21.5. The lowest BCUT2D eigenvalue weighted by molar-refractivity contribution is -0.141. The van der Waals surface area contributed by atoms with Gasteiger partial charge in [-0.3, -0.25) is 0 Å². The average Bonchev–Trinajstić information content (AvgIpc) is 2.83. The van der Waals surface area contributed by atoms with Crippen LogP contribution < -0.4 is 10.6 Å². The first-order chi connectivity index (χ1) is 17.2. The molecule has 1 atom stereocenters. The molecule has 2 N–H and O–H groups in total. The molecule has 0 heterocycles. The third-order valence-electron chi connectivity index (χ3n) is 4.01. The minimum atomic E-state index is -0.687. The van der Waals surface area contributed by atoms with Crippen LogP contribution in [0.1, 0.15) is 26.7 Å². The van der Waals surface area contributed by atoms with Gasteiger partial charge in [-0.1, -0.05) is 13.2 Å². The van der Waals surface area contributed by atoms with E-state index in [1.807, 2.05) is 0 Å². The van der Waals surface area contributed by atoms with Crippen molar-refractivity contribution in [3.05, 3.63) is 24.3 Å². The zero-order valence-corrected chi connectivity index (χ0v) is 21.9. The van der Waals surface area contributed by atoms with E-state index in [9.17, 15) is 19.2 Å². The minimum absolute atomic E-state index is 0.0817. The van der Waals surface area contributed by atoms with Gasteiger partial charge in [0.2, 0.25) is 0 Å². The maximum atomic E-state index is 12.0. The molecule has 0 radical (unpaired) electrons. The molecule has 1 unspecified atom stereocenters. The predicted octanol–water partition coefficient (Wildman–Crippen LogP) is 1.79. The minimum Gasteiger partial charge on any atom is -0.460 e. The molecule has 13 heteroatoms. The monoisotopic (exact) mass is 534 g/mol. The zero-order chi connectivity index (χ0) is 27.2. The Kier molecular flexibility index (Phi) is 19.9. The van der Waals surface area contributed by atoms with E-state index in [4.69, 9.17) is 28.4 Å². The standard InChI is InChI=1S/C23H38N2O10S/c1-17(2)20(26)32-13-11-30-9-7-24-22(28)34-16-19(6-5-15-36)35-23(29)25-8-10-31-12-14-33-21(27)18(3)4/h19,36H,1,3,5-16H2,2,4H3,(H,24,28)(H,25,29). The number of esters is 2. The molecule has 0 saturated carbocycles. The quantitative estimate of drug-likeness (QED) is 0.0694. The molecular weight excluding hydrogens is 496 g/mol. The fourth-order valence-electron chi connectivity index (χ4n) is 2.20. The van der Waals surface area contributed by atoms with Crippen molar-refractivity contribution in [2.45, 2.75) is 32.8 Å². The Labute approximate surface area is 217 Å². The van der Waals surface area contributed by atoms with Crippen LogP contribution in [0, 0.1) is 0 Å². The summed E-state index contributed by atoms with van der Waals surface area (Å²) in [4.78, 5) is 46.3. The molecular formula is C23H38N2O10S. The number of alkyl carbamates (subject to hydrolysis) is 2. The van der Waals surface area contributed by atoms with Gasteiger partial charge in [0, 0.05) is 24.2 Å². The van der Waals surface area contributed by atoms with E-state index in [0.29, 0.717) is 29.7 Å². The molecule has 0 saturated heterocycles. The first kappa shape index (κ1) is 33.2. The summed E-state index contributed by atoms with van der Waals surface area (Å²) < 4.78 is 30.6. The number of hydrogen-bond donors (Lipinski definition) is 3. The van der Waals surface area contributed by atoms with Crippen molar-refractivity contribution in [2.75, 3.05) is 65.1 Å². The number of ether oxygens (including phenoxy) is 6. The third-order valence-corrected chi connectivity index (χ3v) is 4.32. The second-order valence-electron chi connectivity index (χ2n) is 7.40. The summed E-state index contributed by atoms with van der Waals surface area (Å²) in [6, 6.07) is 0. The Morgan fingerprint density at radius 2 is 1.25 bits per heavy atom. The Hall–Kier alpha value is -2.77. The van der Waals surface area contributed by atoms with Crippen LogP contribution in [0.15, 0.2) is 24.3 Å². The van der Waals surface area contributed by atoms with Crippen molar-refractivity contribution in [2.24, 2.45) is 0 Å². The molecule has 0 spiro atoms. The highest BCUT2D eigenvalue weighted by atomic mass is 32.1. The van der Waals surface area contributed by atoms with E-state index in [-0.39, 0.29) is 59.3 Å². The first-order valence-electron chi connectivity index (χ1n) is 11.4. The van der Waals surface area contributed by atoms with Crippen LogP contribution in [0.2, 0.25) is 0 Å². The van der Waals surface area contributed by atoms with Crippen molar-refractivity contribution in [1.82, 2.24) is 10.6 Å². The van der Waals surface area contributed by atoms with Crippen LogP contribution in [0.25, 0.3) is 0 Å². The van der Waals surface area contributed by atoms with Gasteiger partial charge in [-0.2, -0.15) is 12.6 Å². The number of thiol groups is 1. The highest BCUT2D eigenvalue weighted by Gasteiger charge is 2.16. The van der Waals surface area contributed by atoms with E-state index in [0.717, 1.165) is 0 Å². The molecule has 12 nitrogen and oxygen atoms in total. The van der Waals surface area contributed by atoms with Crippen LogP contribution in [0.3, 0.4) is 0 Å². The van der Waals surface area contributed by atoms with Gasteiger partial charge in [-0.05, 0) is 32.4 Å². The number of carbonyl (C=O) groups is 4. The van der Waals surface area contributed by atoms with Crippen LogP contribution >= 0.6 is 12.6 Å². The summed E-state index contributed by atoms with van der Waals surface area (Å²) in [7, 11) is 0. The van der Waals surface area contributed by atoms with Crippen LogP contribution in [-0.2, 0) is 38.0 Å². The average molecular weight is 535 g/mol. The molecule has 0 aliphatic carbocycles. The fraction of sp³-hybridized carbons (Fsp3) is 0.652. The van der Waals surface area contributed by atoms with Crippen molar-refractivity contribution in [1.29, 1.82) is 0 Å². The fourth-order valence-corrected chi connectivity index (χ4v) is 2.38. The number of amides is 2. The van der Waals surface area contributed by atoms with Gasteiger partial charge in [0.25, 0.3) is 0 Å². The summed E-state index contributed by atoms with van der Waals surface area (Å²) in [5, 5.41) is 5.04. The van der Waals surface area contributed by atoms with Crippen molar-refractivity contribution in [3.63, 3.8) is 0 Å². The van der Waals surface area contributed by atoms with Crippen molar-refractivity contribution < 1.29 is 47.6 Å². The van der Waals surface area contributed by atoms with Gasteiger partial charge in [-0.15, -0.1) is 0 Å². The van der Waals surface area contributed by atoms with Crippen LogP contribution in [0.4, 0.5) is 9.59 Å². The van der Waals surface area contributed by atoms with Gasteiger partial charge in [0.1, 0.15) is 25.9 Å². The smallest absolute Gasteiger partial charge is 0.407 e. The van der Waals surface area contributed by atoms with Gasteiger partial charge in [0.15, 0.2) is 0 Å². The molecule has 0 aliphatic heterocycles. The molecule has 206 valence electrons. The topological polar surface area (TPSA) is 148 Å². The summed E-state index contributed by atoms with van der Waals surface area (Å²) >= 11 is 4.14. The van der Waals surface area contributed by atoms with E-state index in [1.165, 1.54) is 0 Å². The third kappa shape index (κ3) is 19.5. The summed E-state index contributed by atoms with van der Waals surface area (Å²) in [6.07, 6.45) is -0.901. The highest BCUT2D eigenvalue weighted by Crippen LogP contribution is 2.05. The normalized spacial score (nSPS) is 11.1. The Morgan fingerprint density at radius 1 is 0.750 bits per heavy atom. The Bertz CT molecular complexity index is 717. The lowest BCUT2D eigenvalue weighted by atomic mass is 10.2. The Balaban J connectivity index is 3.98.